The third-order valence-electron chi connectivity index (χ3n) is 1.75. The predicted molar refractivity (Wildman–Crippen MR) is 43.6 cm³/mol. The van der Waals surface area contributed by atoms with Crippen LogP contribution >= 0.6 is 0 Å². The molecule has 13 heavy (non-hydrogen) atoms. The largest absolute Gasteiger partial charge is 0.478 e. The van der Waals surface area contributed by atoms with Crippen molar-refractivity contribution in [2.75, 3.05) is 0 Å². The lowest BCUT2D eigenvalue weighted by molar-refractivity contribution is 0.0696. The molecule has 1 aromatic rings. The van der Waals surface area contributed by atoms with E-state index in [1.54, 1.807) is 0 Å². The Kier molecular flexibility index (Phi) is 1.50. The summed E-state index contributed by atoms with van der Waals surface area (Å²) >= 11 is 0. The van der Waals surface area contributed by atoms with Gasteiger partial charge in [0.15, 0.2) is 0 Å². The first kappa shape index (κ1) is 7.71. The Balaban J connectivity index is 2.83. The van der Waals surface area contributed by atoms with Crippen LogP contribution in [0.1, 0.15) is 10.4 Å². The Labute approximate surface area is 72.2 Å². The van der Waals surface area contributed by atoms with Crippen molar-refractivity contribution in [3.05, 3.63) is 34.0 Å². The van der Waals surface area contributed by atoms with E-state index in [0.717, 1.165) is 6.07 Å². The average molecular weight is 177 g/mol. The summed E-state index contributed by atoms with van der Waals surface area (Å²) < 4.78 is 13.1. The summed E-state index contributed by atoms with van der Waals surface area (Å²) in [6.07, 6.45) is 1.38. The molecule has 0 radical (unpaired) electrons. The van der Waals surface area contributed by atoms with Crippen molar-refractivity contribution in [1.82, 2.24) is 0 Å². The second-order valence-electron chi connectivity index (χ2n) is 2.60. The molecule has 0 atom stereocenters. The number of fused-ring (bicyclic) bond motifs is 1. The van der Waals surface area contributed by atoms with Crippen molar-refractivity contribution >= 4 is 18.0 Å². The van der Waals surface area contributed by atoms with Gasteiger partial charge in [-0.15, -0.1) is 0 Å². The number of aliphatic imine (C=N–C) groups is 1. The summed E-state index contributed by atoms with van der Waals surface area (Å²) in [4.78, 5) is 14.1. The number of carboxylic acid groups (broad SMARTS) is 1. The van der Waals surface area contributed by atoms with E-state index < -0.39 is 11.8 Å². The molecule has 2 rings (SSSR count). The average Bonchev–Trinajstić information content (AvgIpc) is 2.51. The molecule has 1 aliphatic rings. The molecule has 0 amide bonds. The van der Waals surface area contributed by atoms with Gasteiger partial charge in [0.05, 0.1) is 10.8 Å². The first-order chi connectivity index (χ1) is 6.18. The SMILES string of the molecule is O=C(O)c1cc(F)c2c(c1)=CN=C=2. The predicted octanol–water partition coefficient (Wildman–Crippen LogP) is -0.383. The Morgan fingerprint density at radius 2 is 2.31 bits per heavy atom. The smallest absolute Gasteiger partial charge is 0.335 e. The second-order valence-corrected chi connectivity index (χ2v) is 2.60. The topological polar surface area (TPSA) is 49.7 Å². The maximum atomic E-state index is 13.1. The highest BCUT2D eigenvalue weighted by Gasteiger charge is 2.07. The van der Waals surface area contributed by atoms with Crippen molar-refractivity contribution in [2.45, 2.75) is 0 Å². The van der Waals surface area contributed by atoms with Crippen LogP contribution in [0, 0.1) is 5.82 Å². The highest BCUT2D eigenvalue weighted by atomic mass is 19.1. The number of halogens is 1. The molecule has 0 saturated heterocycles. The molecule has 1 aromatic carbocycles. The lowest BCUT2D eigenvalue weighted by Gasteiger charge is -1.93. The summed E-state index contributed by atoms with van der Waals surface area (Å²) in [5.74, 6) is 0.681. The molecule has 1 aliphatic heterocycles. The maximum Gasteiger partial charge on any atom is 0.335 e. The van der Waals surface area contributed by atoms with Crippen LogP contribution in [0.25, 0.3) is 6.20 Å². The van der Waals surface area contributed by atoms with E-state index in [1.165, 1.54) is 12.3 Å². The minimum atomic E-state index is -1.15. The van der Waals surface area contributed by atoms with Gasteiger partial charge in [0.25, 0.3) is 0 Å². The third kappa shape index (κ3) is 1.13. The number of carboxylic acids is 1. The Morgan fingerprint density at radius 3 is 3.00 bits per heavy atom. The first-order valence-corrected chi connectivity index (χ1v) is 3.54. The molecule has 0 unspecified atom stereocenters. The Bertz CT molecular complexity index is 541. The van der Waals surface area contributed by atoms with Gasteiger partial charge < -0.3 is 5.11 Å². The summed E-state index contributed by atoms with van der Waals surface area (Å²) in [6.45, 7) is 0. The molecule has 0 fully saturated rings. The maximum absolute atomic E-state index is 13.1. The standard InChI is InChI=1S/C9H4FNO2/c10-8-2-5(9(12)13)1-6-3-11-4-7(6)8/h1-3H,(H,12,13). The van der Waals surface area contributed by atoms with Gasteiger partial charge in [0, 0.05) is 11.4 Å². The van der Waals surface area contributed by atoms with Gasteiger partial charge in [-0.25, -0.2) is 14.2 Å². The molecule has 3 nitrogen and oxygen atoms in total. The zero-order valence-electron chi connectivity index (χ0n) is 6.41. The highest BCUT2D eigenvalue weighted by molar-refractivity contribution is 5.87. The summed E-state index contributed by atoms with van der Waals surface area (Å²) in [5, 5.41) is 9.29. The van der Waals surface area contributed by atoms with E-state index in [2.05, 4.69) is 10.9 Å². The fourth-order valence-corrected chi connectivity index (χ4v) is 1.14. The third-order valence-corrected chi connectivity index (χ3v) is 1.75. The zero-order valence-corrected chi connectivity index (χ0v) is 6.41. The summed E-state index contributed by atoms with van der Waals surface area (Å²) in [5.41, 5.74) is -0.0774. The van der Waals surface area contributed by atoms with Crippen LogP contribution in [-0.2, 0) is 0 Å². The molecule has 4 heteroatoms. The van der Waals surface area contributed by atoms with Crippen LogP contribution in [0.4, 0.5) is 4.39 Å². The van der Waals surface area contributed by atoms with Crippen molar-refractivity contribution in [1.29, 1.82) is 0 Å². The molecule has 0 saturated carbocycles. The number of hydrogen-bond donors (Lipinski definition) is 1. The van der Waals surface area contributed by atoms with E-state index in [1.807, 2.05) is 0 Å². The van der Waals surface area contributed by atoms with Crippen LogP contribution in [0.15, 0.2) is 17.1 Å². The molecule has 64 valence electrons. The minimum Gasteiger partial charge on any atom is -0.478 e. The quantitative estimate of drug-likeness (QED) is 0.635. The van der Waals surface area contributed by atoms with E-state index in [4.69, 9.17) is 5.11 Å². The van der Waals surface area contributed by atoms with Gasteiger partial charge in [0.2, 0.25) is 0 Å². The summed E-state index contributed by atoms with van der Waals surface area (Å²) in [6, 6.07) is 2.33. The molecular weight excluding hydrogens is 173 g/mol. The Morgan fingerprint density at radius 1 is 1.54 bits per heavy atom. The molecule has 0 aromatic heterocycles. The molecular formula is C9H4FNO2. The van der Waals surface area contributed by atoms with Gasteiger partial charge >= 0.3 is 5.97 Å². The number of aromatic carboxylic acids is 1. The lowest BCUT2D eigenvalue weighted by Crippen LogP contribution is -2.28. The normalized spacial score (nSPS) is 11.8. The highest BCUT2D eigenvalue weighted by Crippen LogP contribution is 1.96. The molecule has 0 bridgehead atoms. The fraction of sp³-hybridized carbons (Fsp3) is 0. The number of rotatable bonds is 1. The van der Waals surface area contributed by atoms with Gasteiger partial charge in [-0.2, -0.15) is 0 Å². The van der Waals surface area contributed by atoms with Crippen molar-refractivity contribution < 1.29 is 14.3 Å². The molecule has 1 heterocycles. The number of nitrogens with zero attached hydrogens (tertiary/aromatic N) is 1. The van der Waals surface area contributed by atoms with Crippen LogP contribution in [0.5, 0.6) is 0 Å². The molecule has 0 spiro atoms. The first-order valence-electron chi connectivity index (χ1n) is 3.54. The van der Waals surface area contributed by atoms with Crippen LogP contribution in [0.2, 0.25) is 0 Å². The van der Waals surface area contributed by atoms with Crippen molar-refractivity contribution in [2.24, 2.45) is 4.99 Å². The molecule has 1 N–H and O–H groups in total. The van der Waals surface area contributed by atoms with Crippen molar-refractivity contribution in [3.8, 4) is 0 Å². The summed E-state index contributed by atoms with van der Waals surface area (Å²) in [7, 11) is 0. The molecule has 0 aliphatic carbocycles. The van der Waals surface area contributed by atoms with E-state index in [0.29, 0.717) is 5.22 Å². The van der Waals surface area contributed by atoms with Gasteiger partial charge in [-0.3, -0.25) is 0 Å². The lowest BCUT2D eigenvalue weighted by atomic mass is 10.1. The van der Waals surface area contributed by atoms with Crippen LogP contribution < -0.4 is 10.4 Å². The minimum absolute atomic E-state index is 0.0774. The van der Waals surface area contributed by atoms with Crippen LogP contribution in [0.3, 0.4) is 0 Å². The number of hydrogen-bond acceptors (Lipinski definition) is 2. The van der Waals surface area contributed by atoms with Gasteiger partial charge in [-0.1, -0.05) is 0 Å². The Hall–Kier alpha value is -1.93. The van der Waals surface area contributed by atoms with Gasteiger partial charge in [0.1, 0.15) is 5.82 Å². The van der Waals surface area contributed by atoms with E-state index >= 15 is 0 Å². The number of carbonyl (C=O) groups is 1. The van der Waals surface area contributed by atoms with E-state index in [-0.39, 0.29) is 10.8 Å². The van der Waals surface area contributed by atoms with E-state index in [9.17, 15) is 9.18 Å². The van der Waals surface area contributed by atoms with Crippen LogP contribution in [-0.4, -0.2) is 16.9 Å². The van der Waals surface area contributed by atoms with Gasteiger partial charge in [-0.05, 0) is 18.0 Å². The second kappa shape index (κ2) is 2.54. The number of benzene rings is 1. The zero-order chi connectivity index (χ0) is 9.42. The monoisotopic (exact) mass is 177 g/mol. The van der Waals surface area contributed by atoms with Crippen molar-refractivity contribution in [3.63, 3.8) is 0 Å². The fourth-order valence-electron chi connectivity index (χ4n) is 1.14.